The molecule has 0 saturated carbocycles. The molecule has 1 aliphatic rings. The molecule has 7 heteroatoms. The van der Waals surface area contributed by atoms with E-state index in [1.807, 2.05) is 12.5 Å². The SMILES string of the molecule is CCC1CCSC(CCCc2c(Cl)cc(Cl)cc2Cl)(Cn2ccnc2)S1. The van der Waals surface area contributed by atoms with Crippen LogP contribution >= 0.6 is 58.3 Å². The van der Waals surface area contributed by atoms with E-state index in [1.54, 1.807) is 12.1 Å². The van der Waals surface area contributed by atoms with E-state index in [0.717, 1.165) is 36.6 Å². The van der Waals surface area contributed by atoms with E-state index < -0.39 is 0 Å². The number of imidazole rings is 1. The summed E-state index contributed by atoms with van der Waals surface area (Å²) < 4.78 is 2.39. The van der Waals surface area contributed by atoms with Crippen LogP contribution in [-0.4, -0.2) is 24.6 Å². The fraction of sp³-hybridized carbons (Fsp3) is 0.526. The highest BCUT2D eigenvalue weighted by Crippen LogP contribution is 2.51. The Morgan fingerprint density at radius 2 is 2.04 bits per heavy atom. The summed E-state index contributed by atoms with van der Waals surface area (Å²) in [6.07, 6.45) is 11.4. The third-order valence-electron chi connectivity index (χ3n) is 4.71. The Labute approximate surface area is 179 Å². The van der Waals surface area contributed by atoms with Gasteiger partial charge in [-0.3, -0.25) is 0 Å². The van der Waals surface area contributed by atoms with Crippen molar-refractivity contribution in [1.82, 2.24) is 9.55 Å². The average Bonchev–Trinajstić information content (AvgIpc) is 3.10. The number of nitrogens with zero attached hydrogens (tertiary/aromatic N) is 2. The molecule has 0 radical (unpaired) electrons. The molecular weight excluding hydrogens is 427 g/mol. The maximum Gasteiger partial charge on any atom is 0.0946 e. The highest BCUT2D eigenvalue weighted by molar-refractivity contribution is 8.19. The van der Waals surface area contributed by atoms with E-state index in [0.29, 0.717) is 15.1 Å². The van der Waals surface area contributed by atoms with Gasteiger partial charge in [0.05, 0.1) is 10.4 Å². The van der Waals surface area contributed by atoms with Crippen LogP contribution in [0.2, 0.25) is 15.1 Å². The zero-order chi connectivity index (χ0) is 18.6. The van der Waals surface area contributed by atoms with Gasteiger partial charge in [0.15, 0.2) is 0 Å². The summed E-state index contributed by atoms with van der Waals surface area (Å²) in [5, 5.41) is 2.66. The minimum Gasteiger partial charge on any atom is -0.335 e. The van der Waals surface area contributed by atoms with Crippen LogP contribution in [0, 0.1) is 0 Å². The smallest absolute Gasteiger partial charge is 0.0946 e. The molecule has 2 aromatic rings. The Bertz CT molecular complexity index is 701. The Kier molecular flexibility index (Phi) is 7.55. The minimum atomic E-state index is 0.186. The van der Waals surface area contributed by atoms with Crippen LogP contribution in [0.5, 0.6) is 0 Å². The largest absolute Gasteiger partial charge is 0.335 e. The number of hydrogen-bond acceptors (Lipinski definition) is 3. The molecule has 1 saturated heterocycles. The molecule has 1 fully saturated rings. The molecular formula is C19H23Cl3N2S2. The molecule has 0 amide bonds. The molecule has 0 bridgehead atoms. The normalized spacial score (nSPS) is 23.3. The molecule has 0 spiro atoms. The number of aromatic nitrogens is 2. The van der Waals surface area contributed by atoms with Crippen molar-refractivity contribution in [3.05, 3.63) is 51.5 Å². The number of benzene rings is 1. The fourth-order valence-electron chi connectivity index (χ4n) is 3.36. The second-order valence-electron chi connectivity index (χ2n) is 6.63. The van der Waals surface area contributed by atoms with Crippen molar-refractivity contribution >= 4 is 58.3 Å². The first-order chi connectivity index (χ1) is 12.5. The fourth-order valence-corrected chi connectivity index (χ4v) is 8.24. The van der Waals surface area contributed by atoms with Crippen LogP contribution in [0.4, 0.5) is 0 Å². The first-order valence-electron chi connectivity index (χ1n) is 8.92. The molecule has 1 aromatic heterocycles. The lowest BCUT2D eigenvalue weighted by Gasteiger charge is -2.40. The molecule has 2 nitrogen and oxygen atoms in total. The number of thioether (sulfide) groups is 2. The molecule has 0 aliphatic carbocycles. The van der Waals surface area contributed by atoms with Crippen LogP contribution in [0.3, 0.4) is 0 Å². The highest BCUT2D eigenvalue weighted by Gasteiger charge is 2.37. The zero-order valence-corrected chi connectivity index (χ0v) is 18.7. The molecule has 3 rings (SSSR count). The van der Waals surface area contributed by atoms with Crippen LogP contribution < -0.4 is 0 Å². The second-order valence-corrected chi connectivity index (χ2v) is 11.3. The topological polar surface area (TPSA) is 17.8 Å². The third kappa shape index (κ3) is 5.29. The molecule has 26 heavy (non-hydrogen) atoms. The van der Waals surface area contributed by atoms with E-state index in [-0.39, 0.29) is 4.08 Å². The predicted molar refractivity (Wildman–Crippen MR) is 118 cm³/mol. The number of halogens is 3. The number of hydrogen-bond donors (Lipinski definition) is 0. The summed E-state index contributed by atoms with van der Waals surface area (Å²) in [6.45, 7) is 3.28. The Hall–Kier alpha value is -0.000000000000000167. The monoisotopic (exact) mass is 448 g/mol. The Balaban J connectivity index is 1.70. The Morgan fingerprint density at radius 1 is 1.27 bits per heavy atom. The van der Waals surface area contributed by atoms with Gasteiger partial charge in [-0.1, -0.05) is 41.7 Å². The quantitative estimate of drug-likeness (QED) is 0.444. The van der Waals surface area contributed by atoms with Gasteiger partial charge in [-0.05, 0) is 55.6 Å². The van der Waals surface area contributed by atoms with Gasteiger partial charge in [-0.15, -0.1) is 23.5 Å². The predicted octanol–water partition coefficient (Wildman–Crippen LogP) is 7.21. The van der Waals surface area contributed by atoms with Crippen molar-refractivity contribution in [2.45, 2.75) is 54.9 Å². The molecule has 0 N–H and O–H groups in total. The maximum atomic E-state index is 6.36. The van der Waals surface area contributed by atoms with Gasteiger partial charge < -0.3 is 4.57 Å². The lowest BCUT2D eigenvalue weighted by Crippen LogP contribution is -2.33. The van der Waals surface area contributed by atoms with Gasteiger partial charge in [-0.2, -0.15) is 0 Å². The molecule has 2 heterocycles. The van der Waals surface area contributed by atoms with Crippen molar-refractivity contribution in [2.75, 3.05) is 5.75 Å². The van der Waals surface area contributed by atoms with E-state index in [1.165, 1.54) is 18.6 Å². The van der Waals surface area contributed by atoms with E-state index in [9.17, 15) is 0 Å². The lowest BCUT2D eigenvalue weighted by molar-refractivity contribution is 0.559. The van der Waals surface area contributed by atoms with Crippen LogP contribution in [0.1, 0.15) is 38.2 Å². The molecule has 1 aromatic carbocycles. The van der Waals surface area contributed by atoms with Crippen LogP contribution in [0.15, 0.2) is 30.9 Å². The van der Waals surface area contributed by atoms with Crippen molar-refractivity contribution in [3.63, 3.8) is 0 Å². The van der Waals surface area contributed by atoms with Gasteiger partial charge in [-0.25, -0.2) is 4.98 Å². The lowest BCUT2D eigenvalue weighted by atomic mass is 10.1. The van der Waals surface area contributed by atoms with Crippen molar-refractivity contribution in [2.24, 2.45) is 0 Å². The van der Waals surface area contributed by atoms with Gasteiger partial charge in [0.25, 0.3) is 0 Å². The highest BCUT2D eigenvalue weighted by atomic mass is 35.5. The van der Waals surface area contributed by atoms with E-state index in [4.69, 9.17) is 34.8 Å². The summed E-state index contributed by atoms with van der Waals surface area (Å²) in [5.74, 6) is 1.22. The average molecular weight is 450 g/mol. The van der Waals surface area contributed by atoms with Gasteiger partial charge in [0.1, 0.15) is 0 Å². The van der Waals surface area contributed by atoms with Crippen molar-refractivity contribution in [3.8, 4) is 0 Å². The van der Waals surface area contributed by atoms with Crippen molar-refractivity contribution in [1.29, 1.82) is 0 Å². The van der Waals surface area contributed by atoms with Gasteiger partial charge in [0.2, 0.25) is 0 Å². The molecule has 142 valence electrons. The zero-order valence-electron chi connectivity index (χ0n) is 14.8. The first-order valence-corrected chi connectivity index (χ1v) is 11.9. The summed E-state index contributed by atoms with van der Waals surface area (Å²) in [7, 11) is 0. The maximum absolute atomic E-state index is 6.36. The minimum absolute atomic E-state index is 0.186. The first kappa shape index (κ1) is 20.7. The summed E-state index contributed by atoms with van der Waals surface area (Å²) in [5.41, 5.74) is 1.01. The van der Waals surface area contributed by atoms with E-state index >= 15 is 0 Å². The summed E-state index contributed by atoms with van der Waals surface area (Å²) >= 11 is 23.0. The third-order valence-corrected chi connectivity index (χ3v) is 9.21. The number of rotatable bonds is 7. The Morgan fingerprint density at radius 3 is 2.69 bits per heavy atom. The standard InChI is InChI=1S/C19H23Cl3N2S2/c1-2-15-5-9-25-19(26-15,12-24-8-7-23-13-24)6-3-4-16-17(21)10-14(20)11-18(16)22/h7-8,10-11,13,15H,2-6,9,12H2,1H3. The summed E-state index contributed by atoms with van der Waals surface area (Å²) in [6, 6.07) is 3.56. The molecule has 1 aliphatic heterocycles. The van der Waals surface area contributed by atoms with Crippen molar-refractivity contribution < 1.29 is 0 Å². The van der Waals surface area contributed by atoms with Gasteiger partial charge >= 0.3 is 0 Å². The summed E-state index contributed by atoms with van der Waals surface area (Å²) in [4.78, 5) is 4.21. The molecule has 2 unspecified atom stereocenters. The second kappa shape index (κ2) is 9.47. The van der Waals surface area contributed by atoms with Gasteiger partial charge in [0, 0.05) is 39.3 Å². The van der Waals surface area contributed by atoms with Crippen LogP contribution in [0.25, 0.3) is 0 Å². The van der Waals surface area contributed by atoms with E-state index in [2.05, 4.69) is 46.2 Å². The molecule has 2 atom stereocenters. The van der Waals surface area contributed by atoms with Crippen LogP contribution in [-0.2, 0) is 13.0 Å².